The van der Waals surface area contributed by atoms with E-state index in [-0.39, 0.29) is 12.0 Å². The number of nitrogens with zero attached hydrogens (tertiary/aromatic N) is 1. The number of hydrogen-bond donors (Lipinski definition) is 1. The van der Waals surface area contributed by atoms with Crippen molar-refractivity contribution in [2.24, 2.45) is 0 Å². The molecule has 0 bridgehead atoms. The quantitative estimate of drug-likeness (QED) is 0.817. The maximum absolute atomic E-state index is 12.3. The Morgan fingerprint density at radius 1 is 1.42 bits per heavy atom. The van der Waals surface area contributed by atoms with Gasteiger partial charge in [0.2, 0.25) is 0 Å². The van der Waals surface area contributed by atoms with Crippen molar-refractivity contribution in [2.45, 2.75) is 52.2 Å². The van der Waals surface area contributed by atoms with Crippen LogP contribution in [0.4, 0.5) is 5.13 Å². The number of aromatic nitrogens is 1. The van der Waals surface area contributed by atoms with Gasteiger partial charge in [-0.05, 0) is 45.6 Å². The Kier molecular flexibility index (Phi) is 6.40. The number of anilines is 1. The van der Waals surface area contributed by atoms with Crippen LogP contribution in [0.5, 0.6) is 0 Å². The molecule has 0 spiro atoms. The zero-order chi connectivity index (χ0) is 18.5. The van der Waals surface area contributed by atoms with Gasteiger partial charge in [-0.25, -0.2) is 4.98 Å². The summed E-state index contributed by atoms with van der Waals surface area (Å²) in [7, 11) is 0. The van der Waals surface area contributed by atoms with Crippen LogP contribution >= 0.6 is 11.3 Å². The summed E-state index contributed by atoms with van der Waals surface area (Å²) in [5.41, 5.74) is 4.37. The zero-order valence-corrected chi connectivity index (χ0v) is 16.4. The van der Waals surface area contributed by atoms with Crippen LogP contribution in [0.1, 0.15) is 37.3 Å². The second-order valence-corrected chi connectivity index (χ2v) is 7.67. The van der Waals surface area contributed by atoms with Gasteiger partial charge in [0, 0.05) is 17.6 Å². The average molecular weight is 375 g/mol. The molecule has 2 atom stereocenters. The average Bonchev–Trinajstić information content (AvgIpc) is 3.08. The first-order valence-electron chi connectivity index (χ1n) is 9.10. The first kappa shape index (κ1) is 19.0. The number of aryl methyl sites for hydroxylation is 2. The van der Waals surface area contributed by atoms with Gasteiger partial charge in [0.15, 0.2) is 5.13 Å². The lowest BCUT2D eigenvalue weighted by Gasteiger charge is -2.23. The lowest BCUT2D eigenvalue weighted by Crippen LogP contribution is -2.32. The Bertz CT molecular complexity index is 753. The molecule has 1 aliphatic heterocycles. The summed E-state index contributed by atoms with van der Waals surface area (Å²) in [5, 5.41) is 5.41. The van der Waals surface area contributed by atoms with Gasteiger partial charge in [-0.15, -0.1) is 11.3 Å². The fourth-order valence-electron chi connectivity index (χ4n) is 3.03. The van der Waals surface area contributed by atoms with Crippen molar-refractivity contribution < 1.29 is 14.3 Å². The Morgan fingerprint density at radius 3 is 3.00 bits per heavy atom. The van der Waals surface area contributed by atoms with Crippen molar-refractivity contribution in [3.63, 3.8) is 0 Å². The first-order valence-corrected chi connectivity index (χ1v) is 9.98. The molecule has 1 N–H and O–H groups in total. The molecule has 1 aromatic heterocycles. The lowest BCUT2D eigenvalue weighted by atomic mass is 10.0. The van der Waals surface area contributed by atoms with Crippen LogP contribution in [-0.4, -0.2) is 36.3 Å². The highest BCUT2D eigenvalue weighted by Gasteiger charge is 2.20. The number of nitrogens with one attached hydrogen (secondary N) is 1. The van der Waals surface area contributed by atoms with Gasteiger partial charge in [0.1, 0.15) is 6.10 Å². The van der Waals surface area contributed by atoms with Crippen LogP contribution in [0.15, 0.2) is 23.6 Å². The van der Waals surface area contributed by atoms with Gasteiger partial charge in [-0.1, -0.05) is 23.8 Å². The van der Waals surface area contributed by atoms with E-state index < -0.39 is 6.10 Å². The van der Waals surface area contributed by atoms with E-state index in [0.29, 0.717) is 11.7 Å². The minimum atomic E-state index is -0.533. The van der Waals surface area contributed by atoms with E-state index in [4.69, 9.17) is 9.47 Å². The summed E-state index contributed by atoms with van der Waals surface area (Å²) in [5.74, 6) is -0.178. The van der Waals surface area contributed by atoms with Gasteiger partial charge < -0.3 is 9.47 Å². The van der Waals surface area contributed by atoms with Gasteiger partial charge in [0.05, 0.1) is 18.4 Å². The van der Waals surface area contributed by atoms with Gasteiger partial charge >= 0.3 is 0 Å². The first-order chi connectivity index (χ1) is 12.5. The minimum Gasteiger partial charge on any atom is -0.376 e. The van der Waals surface area contributed by atoms with E-state index >= 15 is 0 Å². The highest BCUT2D eigenvalue weighted by Crippen LogP contribution is 2.28. The van der Waals surface area contributed by atoms with Gasteiger partial charge in [0.25, 0.3) is 5.91 Å². The number of thiazole rings is 1. The van der Waals surface area contributed by atoms with Crippen LogP contribution in [-0.2, 0) is 14.3 Å². The normalized spacial score (nSPS) is 18.5. The standard InChI is InChI=1S/C20H26N2O3S/c1-13-7-8-17(14(2)10-13)18-12-26-20(21-18)22-19(23)15(3)25-11-16-6-4-5-9-24-16/h7-8,10,12,15-16H,4-6,9,11H2,1-3H3,(H,21,22,23). The number of benzene rings is 1. The molecule has 2 unspecified atom stereocenters. The SMILES string of the molecule is Cc1ccc(-c2csc(NC(=O)C(C)OCC3CCCCO3)n2)c(C)c1. The molecule has 2 aromatic rings. The fourth-order valence-corrected chi connectivity index (χ4v) is 3.74. The summed E-state index contributed by atoms with van der Waals surface area (Å²) in [6.45, 7) is 7.15. The molecule has 1 aliphatic rings. The van der Waals surface area contributed by atoms with Crippen LogP contribution in [0.2, 0.25) is 0 Å². The molecule has 1 aromatic carbocycles. The molecule has 5 nitrogen and oxygen atoms in total. The predicted octanol–water partition coefficient (Wildman–Crippen LogP) is 4.34. The third kappa shape index (κ3) is 4.90. The van der Waals surface area contributed by atoms with E-state index in [1.165, 1.54) is 22.5 Å². The molecule has 6 heteroatoms. The monoisotopic (exact) mass is 374 g/mol. The molecule has 0 saturated carbocycles. The summed E-state index contributed by atoms with van der Waals surface area (Å²) in [4.78, 5) is 16.9. The number of carbonyl (C=O) groups excluding carboxylic acids is 1. The molecule has 0 aliphatic carbocycles. The Labute approximate surface area is 158 Å². The predicted molar refractivity (Wildman–Crippen MR) is 105 cm³/mol. The Hall–Kier alpha value is -1.76. The van der Waals surface area contributed by atoms with E-state index in [9.17, 15) is 4.79 Å². The van der Waals surface area contributed by atoms with Crippen LogP contribution < -0.4 is 5.32 Å². The maximum Gasteiger partial charge on any atom is 0.254 e. The Morgan fingerprint density at radius 2 is 2.27 bits per heavy atom. The molecule has 1 fully saturated rings. The van der Waals surface area contributed by atoms with Gasteiger partial charge in [-0.2, -0.15) is 0 Å². The van der Waals surface area contributed by atoms with Crippen LogP contribution in [0.25, 0.3) is 11.3 Å². The van der Waals surface area contributed by atoms with E-state index in [1.54, 1.807) is 6.92 Å². The molecule has 1 saturated heterocycles. The highest BCUT2D eigenvalue weighted by atomic mass is 32.1. The second-order valence-electron chi connectivity index (χ2n) is 6.81. The van der Waals surface area contributed by atoms with Crippen molar-refractivity contribution in [2.75, 3.05) is 18.5 Å². The number of rotatable bonds is 6. The lowest BCUT2D eigenvalue weighted by molar-refractivity contribution is -0.130. The molecular weight excluding hydrogens is 348 g/mol. The number of amides is 1. The maximum atomic E-state index is 12.3. The molecular formula is C20H26N2O3S. The third-order valence-electron chi connectivity index (χ3n) is 4.57. The third-order valence-corrected chi connectivity index (χ3v) is 5.33. The van der Waals surface area contributed by atoms with Gasteiger partial charge in [-0.3, -0.25) is 10.1 Å². The molecule has 26 heavy (non-hydrogen) atoms. The second kappa shape index (κ2) is 8.75. The van der Waals surface area contributed by atoms with E-state index in [1.807, 2.05) is 5.38 Å². The molecule has 1 amide bonds. The highest BCUT2D eigenvalue weighted by molar-refractivity contribution is 7.14. The molecule has 3 rings (SSSR count). The smallest absolute Gasteiger partial charge is 0.254 e. The zero-order valence-electron chi connectivity index (χ0n) is 15.6. The van der Waals surface area contributed by atoms with Crippen molar-refractivity contribution in [1.82, 2.24) is 4.98 Å². The summed E-state index contributed by atoms with van der Waals surface area (Å²) >= 11 is 1.43. The van der Waals surface area contributed by atoms with Crippen LogP contribution in [0.3, 0.4) is 0 Å². The number of ether oxygens (including phenoxy) is 2. The topological polar surface area (TPSA) is 60.5 Å². The van der Waals surface area contributed by atoms with Crippen molar-refractivity contribution in [3.05, 3.63) is 34.7 Å². The van der Waals surface area contributed by atoms with E-state index in [0.717, 1.165) is 37.1 Å². The largest absolute Gasteiger partial charge is 0.376 e. The Balaban J connectivity index is 1.55. The molecule has 0 radical (unpaired) electrons. The summed E-state index contributed by atoms with van der Waals surface area (Å²) in [6.07, 6.45) is 2.85. The summed E-state index contributed by atoms with van der Waals surface area (Å²) < 4.78 is 11.3. The fraction of sp³-hybridized carbons (Fsp3) is 0.500. The number of hydrogen-bond acceptors (Lipinski definition) is 5. The van der Waals surface area contributed by atoms with Crippen LogP contribution in [0, 0.1) is 13.8 Å². The van der Waals surface area contributed by atoms with Crippen molar-refractivity contribution in [1.29, 1.82) is 0 Å². The van der Waals surface area contributed by atoms with Crippen molar-refractivity contribution >= 4 is 22.4 Å². The number of carbonyl (C=O) groups is 1. The van der Waals surface area contributed by atoms with E-state index in [2.05, 4.69) is 42.3 Å². The summed E-state index contributed by atoms with van der Waals surface area (Å²) in [6, 6.07) is 6.28. The molecule has 2 heterocycles. The molecule has 140 valence electrons. The van der Waals surface area contributed by atoms with Crippen molar-refractivity contribution in [3.8, 4) is 11.3 Å². The minimum absolute atomic E-state index is 0.106.